The van der Waals surface area contributed by atoms with Crippen LogP contribution in [0.2, 0.25) is 0 Å². The average Bonchev–Trinajstić information content (AvgIpc) is 2.75. The third-order valence-corrected chi connectivity index (χ3v) is 2.57. The number of hydrogen-bond donors (Lipinski definition) is 2. The topological polar surface area (TPSA) is 70.5 Å². The van der Waals surface area contributed by atoms with Crippen molar-refractivity contribution in [2.45, 2.75) is 19.1 Å². The first-order chi connectivity index (χ1) is 8.08. The zero-order valence-electron chi connectivity index (χ0n) is 10.5. The normalized spacial score (nSPS) is 14.9. The zero-order chi connectivity index (χ0) is 12.7. The van der Waals surface area contributed by atoms with Gasteiger partial charge in [0.15, 0.2) is 0 Å². The van der Waals surface area contributed by atoms with Crippen LogP contribution in [0.4, 0.5) is 0 Å². The van der Waals surface area contributed by atoms with Gasteiger partial charge in [-0.25, -0.2) is 0 Å². The Balaban J connectivity index is 2.10. The lowest BCUT2D eigenvalue weighted by Crippen LogP contribution is -2.41. The maximum absolute atomic E-state index is 9.69. The van der Waals surface area contributed by atoms with E-state index in [0.29, 0.717) is 18.5 Å². The molecular formula is C10H20N4O2S. The molecule has 0 aliphatic carbocycles. The number of nitrogens with zero attached hydrogens (tertiary/aromatic N) is 3. The minimum absolute atomic E-state index is 0.229. The molecule has 1 aromatic heterocycles. The SMILES string of the molecule is CC(CN(C)C)NCC(O)COc1cnsn1. The fourth-order valence-electron chi connectivity index (χ4n) is 1.41. The maximum Gasteiger partial charge on any atom is 0.245 e. The van der Waals surface area contributed by atoms with E-state index in [9.17, 15) is 5.11 Å². The summed E-state index contributed by atoms with van der Waals surface area (Å²) in [7, 11) is 4.04. The summed E-state index contributed by atoms with van der Waals surface area (Å²) >= 11 is 1.09. The molecule has 6 nitrogen and oxygen atoms in total. The fraction of sp³-hybridized carbons (Fsp3) is 0.800. The van der Waals surface area contributed by atoms with Gasteiger partial charge in [-0.2, -0.15) is 4.37 Å². The first-order valence-electron chi connectivity index (χ1n) is 5.54. The van der Waals surface area contributed by atoms with Gasteiger partial charge < -0.3 is 20.1 Å². The first-order valence-corrected chi connectivity index (χ1v) is 6.27. The van der Waals surface area contributed by atoms with Gasteiger partial charge in [0.05, 0.1) is 11.7 Å². The number of aliphatic hydroxyl groups is 1. The predicted octanol–water partition coefficient (Wildman–Crippen LogP) is -0.182. The number of rotatable bonds is 8. The lowest BCUT2D eigenvalue weighted by atomic mass is 10.3. The van der Waals surface area contributed by atoms with Crippen molar-refractivity contribution in [3.8, 4) is 5.88 Å². The van der Waals surface area contributed by atoms with Crippen LogP contribution in [-0.4, -0.2) is 64.7 Å². The molecule has 1 aromatic rings. The van der Waals surface area contributed by atoms with Crippen LogP contribution >= 0.6 is 11.7 Å². The molecule has 17 heavy (non-hydrogen) atoms. The van der Waals surface area contributed by atoms with Crippen molar-refractivity contribution in [2.24, 2.45) is 0 Å². The van der Waals surface area contributed by atoms with Gasteiger partial charge in [0.2, 0.25) is 5.88 Å². The number of nitrogens with one attached hydrogen (secondary N) is 1. The van der Waals surface area contributed by atoms with Crippen LogP contribution in [-0.2, 0) is 0 Å². The number of hydrogen-bond acceptors (Lipinski definition) is 7. The summed E-state index contributed by atoms with van der Waals surface area (Å²) in [6.45, 7) is 3.75. The Labute approximate surface area is 106 Å². The van der Waals surface area contributed by atoms with Crippen molar-refractivity contribution in [1.82, 2.24) is 19.0 Å². The monoisotopic (exact) mass is 260 g/mol. The van der Waals surface area contributed by atoms with Crippen molar-refractivity contribution in [3.05, 3.63) is 6.20 Å². The molecule has 0 bridgehead atoms. The highest BCUT2D eigenvalue weighted by Crippen LogP contribution is 2.05. The second-order valence-electron chi connectivity index (χ2n) is 4.28. The van der Waals surface area contributed by atoms with Gasteiger partial charge in [0.25, 0.3) is 0 Å². The number of aliphatic hydroxyl groups excluding tert-OH is 1. The van der Waals surface area contributed by atoms with Gasteiger partial charge in [-0.15, -0.1) is 4.37 Å². The predicted molar refractivity (Wildman–Crippen MR) is 67.4 cm³/mol. The van der Waals surface area contributed by atoms with Crippen molar-refractivity contribution >= 4 is 11.7 Å². The zero-order valence-corrected chi connectivity index (χ0v) is 11.3. The molecule has 1 rings (SSSR count). The lowest BCUT2D eigenvalue weighted by molar-refractivity contribution is 0.101. The van der Waals surface area contributed by atoms with Crippen molar-refractivity contribution in [3.63, 3.8) is 0 Å². The molecule has 0 saturated heterocycles. The highest BCUT2D eigenvalue weighted by Gasteiger charge is 2.09. The summed E-state index contributed by atoms with van der Waals surface area (Å²) < 4.78 is 13.0. The summed E-state index contributed by atoms with van der Waals surface area (Å²) in [6.07, 6.45) is 1.00. The lowest BCUT2D eigenvalue weighted by Gasteiger charge is -2.20. The molecule has 0 amide bonds. The number of likely N-dealkylation sites (N-methyl/N-ethyl adjacent to an activating group) is 1. The second kappa shape index (κ2) is 7.54. The highest BCUT2D eigenvalue weighted by atomic mass is 32.1. The van der Waals surface area contributed by atoms with E-state index in [1.165, 1.54) is 0 Å². The summed E-state index contributed by atoms with van der Waals surface area (Å²) in [5.41, 5.74) is 0. The van der Waals surface area contributed by atoms with Gasteiger partial charge in [0.1, 0.15) is 18.9 Å². The van der Waals surface area contributed by atoms with E-state index in [4.69, 9.17) is 4.74 Å². The van der Waals surface area contributed by atoms with Crippen LogP contribution in [0.1, 0.15) is 6.92 Å². The van der Waals surface area contributed by atoms with Crippen LogP contribution in [0.15, 0.2) is 6.20 Å². The minimum Gasteiger partial charge on any atom is -0.473 e. The molecule has 0 radical (unpaired) electrons. The molecule has 0 aromatic carbocycles. The quantitative estimate of drug-likeness (QED) is 0.675. The second-order valence-corrected chi connectivity index (χ2v) is 4.84. The fourth-order valence-corrected chi connectivity index (χ4v) is 1.77. The van der Waals surface area contributed by atoms with E-state index in [1.54, 1.807) is 6.20 Å². The van der Waals surface area contributed by atoms with E-state index < -0.39 is 6.10 Å². The molecule has 0 fully saturated rings. The van der Waals surface area contributed by atoms with Crippen LogP contribution in [0.3, 0.4) is 0 Å². The van der Waals surface area contributed by atoms with Gasteiger partial charge >= 0.3 is 0 Å². The minimum atomic E-state index is -0.540. The molecule has 1 heterocycles. The maximum atomic E-state index is 9.69. The van der Waals surface area contributed by atoms with Gasteiger partial charge in [0, 0.05) is 19.1 Å². The molecule has 2 N–H and O–H groups in total. The van der Waals surface area contributed by atoms with Crippen LogP contribution in [0, 0.1) is 0 Å². The van der Waals surface area contributed by atoms with Gasteiger partial charge in [-0.1, -0.05) is 0 Å². The Hall–Kier alpha value is -0.760. The molecule has 0 aliphatic heterocycles. The number of aromatic nitrogens is 2. The Kier molecular flexibility index (Phi) is 6.35. The summed E-state index contributed by atoms with van der Waals surface area (Å²) in [4.78, 5) is 2.10. The van der Waals surface area contributed by atoms with Crippen molar-refractivity contribution in [1.29, 1.82) is 0 Å². The standard InChI is InChI=1S/C10H20N4O2S/c1-8(6-14(2)3)11-4-9(15)7-16-10-5-12-17-13-10/h5,8-9,11,15H,4,6-7H2,1-3H3. The highest BCUT2D eigenvalue weighted by molar-refractivity contribution is 6.99. The first kappa shape index (κ1) is 14.3. The van der Waals surface area contributed by atoms with E-state index >= 15 is 0 Å². The van der Waals surface area contributed by atoms with Crippen LogP contribution < -0.4 is 10.1 Å². The molecule has 0 spiro atoms. The largest absolute Gasteiger partial charge is 0.473 e. The van der Waals surface area contributed by atoms with E-state index in [1.807, 2.05) is 14.1 Å². The summed E-state index contributed by atoms with van der Waals surface area (Å²) in [5.74, 6) is 0.468. The van der Waals surface area contributed by atoms with Gasteiger partial charge in [-0.3, -0.25) is 0 Å². The van der Waals surface area contributed by atoms with Crippen LogP contribution in [0.5, 0.6) is 5.88 Å². The van der Waals surface area contributed by atoms with Gasteiger partial charge in [-0.05, 0) is 21.0 Å². The molecule has 0 saturated carbocycles. The Morgan fingerprint density at radius 3 is 2.94 bits per heavy atom. The van der Waals surface area contributed by atoms with Crippen molar-refractivity contribution < 1.29 is 9.84 Å². The third kappa shape index (κ3) is 6.52. The van der Waals surface area contributed by atoms with E-state index in [-0.39, 0.29) is 6.61 Å². The molecule has 2 atom stereocenters. The molecular weight excluding hydrogens is 240 g/mol. The summed E-state index contributed by atoms with van der Waals surface area (Å²) in [6, 6.07) is 0.334. The average molecular weight is 260 g/mol. The van der Waals surface area contributed by atoms with E-state index in [0.717, 1.165) is 18.3 Å². The third-order valence-electron chi connectivity index (χ3n) is 2.11. The van der Waals surface area contributed by atoms with E-state index in [2.05, 4.69) is 25.9 Å². The Bertz CT molecular complexity index is 295. The Morgan fingerprint density at radius 2 is 2.35 bits per heavy atom. The van der Waals surface area contributed by atoms with Crippen molar-refractivity contribution in [2.75, 3.05) is 33.8 Å². The number of ether oxygens (including phenoxy) is 1. The summed E-state index contributed by atoms with van der Waals surface area (Å²) in [5, 5.41) is 12.9. The Morgan fingerprint density at radius 1 is 1.59 bits per heavy atom. The molecule has 7 heteroatoms. The van der Waals surface area contributed by atoms with Crippen LogP contribution in [0.25, 0.3) is 0 Å². The molecule has 2 unspecified atom stereocenters. The smallest absolute Gasteiger partial charge is 0.245 e. The molecule has 0 aliphatic rings. The molecule has 98 valence electrons.